The molecule has 0 unspecified atom stereocenters. The van der Waals surface area contributed by atoms with Gasteiger partial charge in [-0.3, -0.25) is 4.90 Å². The summed E-state index contributed by atoms with van der Waals surface area (Å²) in [6.45, 7) is 6.15. The summed E-state index contributed by atoms with van der Waals surface area (Å²) in [5.74, 6) is 1.88. The molecule has 2 heterocycles. The van der Waals surface area contributed by atoms with Crippen molar-refractivity contribution in [2.24, 2.45) is 0 Å². The number of hydrogen-bond acceptors (Lipinski definition) is 6. The zero-order chi connectivity index (χ0) is 18.0. The number of hydrogen-bond donors (Lipinski definition) is 1. The predicted octanol–water partition coefficient (Wildman–Crippen LogP) is 3.59. The van der Waals surface area contributed by atoms with Crippen molar-refractivity contribution in [3.63, 3.8) is 0 Å². The molecule has 2 N–H and O–H groups in total. The van der Waals surface area contributed by atoms with Crippen LogP contribution in [0.4, 0.5) is 16.3 Å². The van der Waals surface area contributed by atoms with Crippen LogP contribution in [-0.4, -0.2) is 29.8 Å². The lowest BCUT2D eigenvalue weighted by molar-refractivity contribution is 0.0566. The Labute approximate surface area is 146 Å². The molecule has 0 fully saturated rings. The quantitative estimate of drug-likeness (QED) is 0.839. The van der Waals surface area contributed by atoms with Crippen molar-refractivity contribution >= 4 is 17.6 Å². The molecule has 1 aromatic carbocycles. The van der Waals surface area contributed by atoms with Gasteiger partial charge in [-0.25, -0.2) is 9.78 Å². The lowest BCUT2D eigenvalue weighted by Gasteiger charge is -2.31. The minimum absolute atomic E-state index is 0.329. The highest BCUT2D eigenvalue weighted by Crippen LogP contribution is 2.40. The SMILES string of the molecule is CC(C)(C)OC(=O)N1CCOc2c(Oc3ccc(N)cc3)ccnc21. The molecule has 132 valence electrons. The van der Waals surface area contributed by atoms with Crippen LogP contribution in [0.5, 0.6) is 17.2 Å². The largest absolute Gasteiger partial charge is 0.484 e. The van der Waals surface area contributed by atoms with E-state index in [-0.39, 0.29) is 0 Å². The van der Waals surface area contributed by atoms with Crippen LogP contribution in [0, 0.1) is 0 Å². The van der Waals surface area contributed by atoms with Crippen molar-refractivity contribution in [1.29, 1.82) is 0 Å². The van der Waals surface area contributed by atoms with E-state index in [2.05, 4.69) is 4.98 Å². The summed E-state index contributed by atoms with van der Waals surface area (Å²) in [5, 5.41) is 0. The molecule has 0 spiro atoms. The molecule has 0 saturated heterocycles. The smallest absolute Gasteiger partial charge is 0.416 e. The Morgan fingerprint density at radius 1 is 1.24 bits per heavy atom. The Morgan fingerprint density at radius 2 is 1.96 bits per heavy atom. The average molecular weight is 343 g/mol. The number of pyridine rings is 1. The van der Waals surface area contributed by atoms with E-state index in [1.165, 1.54) is 4.90 Å². The average Bonchev–Trinajstić information content (AvgIpc) is 2.55. The number of nitrogens with zero attached hydrogens (tertiary/aromatic N) is 2. The Balaban J connectivity index is 1.88. The third kappa shape index (κ3) is 3.93. The van der Waals surface area contributed by atoms with Crippen molar-refractivity contribution < 1.29 is 19.0 Å². The molecule has 7 heteroatoms. The van der Waals surface area contributed by atoms with E-state index < -0.39 is 11.7 Å². The van der Waals surface area contributed by atoms with Gasteiger partial charge in [0.15, 0.2) is 11.6 Å². The minimum atomic E-state index is -0.590. The van der Waals surface area contributed by atoms with Crippen molar-refractivity contribution in [2.75, 3.05) is 23.8 Å². The lowest BCUT2D eigenvalue weighted by Crippen LogP contribution is -2.42. The Bertz CT molecular complexity index is 769. The summed E-state index contributed by atoms with van der Waals surface area (Å²) in [5.41, 5.74) is 5.74. The second kappa shape index (κ2) is 6.51. The van der Waals surface area contributed by atoms with Crippen LogP contribution in [0.3, 0.4) is 0 Å². The van der Waals surface area contributed by atoms with Crippen LogP contribution in [0.2, 0.25) is 0 Å². The van der Waals surface area contributed by atoms with Crippen LogP contribution in [0.1, 0.15) is 20.8 Å². The summed E-state index contributed by atoms with van der Waals surface area (Å²) < 4.78 is 17.0. The Morgan fingerprint density at radius 3 is 2.64 bits per heavy atom. The molecule has 0 aliphatic carbocycles. The molecule has 1 aliphatic heterocycles. The highest BCUT2D eigenvalue weighted by Gasteiger charge is 2.31. The Hall–Kier alpha value is -2.96. The maximum atomic E-state index is 12.4. The highest BCUT2D eigenvalue weighted by molar-refractivity contribution is 5.89. The molecule has 7 nitrogen and oxygen atoms in total. The number of anilines is 2. The van der Waals surface area contributed by atoms with E-state index in [1.54, 1.807) is 36.5 Å². The number of rotatable bonds is 2. The van der Waals surface area contributed by atoms with Gasteiger partial charge >= 0.3 is 6.09 Å². The molecule has 0 bridgehead atoms. The molecule has 0 saturated carbocycles. The van der Waals surface area contributed by atoms with Gasteiger partial charge in [-0.2, -0.15) is 0 Å². The number of aromatic nitrogens is 1. The zero-order valence-corrected chi connectivity index (χ0v) is 14.5. The fourth-order valence-electron chi connectivity index (χ4n) is 2.33. The second-order valence-corrected chi connectivity index (χ2v) is 6.61. The third-order valence-corrected chi connectivity index (χ3v) is 3.39. The molecular weight excluding hydrogens is 322 g/mol. The number of nitrogens with two attached hydrogens (primary N) is 1. The molecule has 3 rings (SSSR count). The first-order valence-corrected chi connectivity index (χ1v) is 7.99. The number of carbonyl (C=O) groups excluding carboxylic acids is 1. The van der Waals surface area contributed by atoms with Crippen LogP contribution in [0.15, 0.2) is 36.5 Å². The molecule has 0 radical (unpaired) electrons. The highest BCUT2D eigenvalue weighted by atomic mass is 16.6. The minimum Gasteiger partial charge on any atom is -0.484 e. The topological polar surface area (TPSA) is 86.9 Å². The third-order valence-electron chi connectivity index (χ3n) is 3.39. The van der Waals surface area contributed by atoms with E-state index >= 15 is 0 Å². The van der Waals surface area contributed by atoms with E-state index in [1.807, 2.05) is 20.8 Å². The predicted molar refractivity (Wildman–Crippen MR) is 94.2 cm³/mol. The van der Waals surface area contributed by atoms with Crippen molar-refractivity contribution in [3.8, 4) is 17.2 Å². The number of nitrogen functional groups attached to an aromatic ring is 1. The fraction of sp³-hybridized carbons (Fsp3) is 0.333. The summed E-state index contributed by atoms with van der Waals surface area (Å²) in [6, 6.07) is 8.70. The molecule has 2 aromatic rings. The molecule has 1 aromatic heterocycles. The number of ether oxygens (including phenoxy) is 3. The van der Waals surface area contributed by atoms with Gasteiger partial charge in [-0.15, -0.1) is 0 Å². The summed E-state index contributed by atoms with van der Waals surface area (Å²) in [6.07, 6.45) is 1.10. The van der Waals surface area contributed by atoms with Crippen LogP contribution in [-0.2, 0) is 4.74 Å². The van der Waals surface area contributed by atoms with E-state index in [4.69, 9.17) is 19.9 Å². The van der Waals surface area contributed by atoms with Gasteiger partial charge in [0.25, 0.3) is 0 Å². The molecular formula is C18H21N3O4. The monoisotopic (exact) mass is 343 g/mol. The maximum absolute atomic E-state index is 12.4. The number of benzene rings is 1. The molecule has 25 heavy (non-hydrogen) atoms. The number of carbonyl (C=O) groups is 1. The summed E-state index contributed by atoms with van der Waals surface area (Å²) in [7, 11) is 0. The maximum Gasteiger partial charge on any atom is 0.416 e. The zero-order valence-electron chi connectivity index (χ0n) is 14.5. The van der Waals surface area contributed by atoms with Crippen LogP contribution in [0.25, 0.3) is 0 Å². The van der Waals surface area contributed by atoms with Crippen molar-refractivity contribution in [1.82, 2.24) is 4.98 Å². The molecule has 1 amide bonds. The normalized spacial score (nSPS) is 13.6. The van der Waals surface area contributed by atoms with E-state index in [0.717, 1.165) is 0 Å². The number of amides is 1. The molecule has 1 aliphatic rings. The first-order chi connectivity index (χ1) is 11.8. The van der Waals surface area contributed by atoms with Gasteiger partial charge in [0, 0.05) is 18.0 Å². The number of fused-ring (bicyclic) bond motifs is 1. The summed E-state index contributed by atoms with van der Waals surface area (Å²) >= 11 is 0. The van der Waals surface area contributed by atoms with Gasteiger partial charge in [0.1, 0.15) is 18.0 Å². The van der Waals surface area contributed by atoms with E-state index in [0.29, 0.717) is 41.9 Å². The Kier molecular flexibility index (Phi) is 4.39. The van der Waals surface area contributed by atoms with Gasteiger partial charge in [0.05, 0.1) is 6.54 Å². The van der Waals surface area contributed by atoms with Crippen molar-refractivity contribution in [3.05, 3.63) is 36.5 Å². The van der Waals surface area contributed by atoms with Crippen LogP contribution >= 0.6 is 0 Å². The first kappa shape index (κ1) is 16.9. The van der Waals surface area contributed by atoms with Gasteiger partial charge < -0.3 is 19.9 Å². The van der Waals surface area contributed by atoms with Gasteiger partial charge in [0.2, 0.25) is 5.75 Å². The first-order valence-electron chi connectivity index (χ1n) is 7.99. The second-order valence-electron chi connectivity index (χ2n) is 6.61. The van der Waals surface area contributed by atoms with Gasteiger partial charge in [-0.05, 0) is 45.0 Å². The summed E-state index contributed by atoms with van der Waals surface area (Å²) in [4.78, 5) is 18.2. The molecule has 0 atom stereocenters. The van der Waals surface area contributed by atoms with Crippen LogP contribution < -0.4 is 20.1 Å². The standard InChI is InChI=1S/C18H21N3O4/c1-18(2,3)25-17(22)21-10-11-23-15-14(8-9-20-16(15)21)24-13-6-4-12(19)5-7-13/h4-9H,10-11,19H2,1-3H3. The fourth-order valence-corrected chi connectivity index (χ4v) is 2.33. The van der Waals surface area contributed by atoms with Crippen molar-refractivity contribution in [2.45, 2.75) is 26.4 Å². The lowest BCUT2D eigenvalue weighted by atomic mass is 10.2. The van der Waals surface area contributed by atoms with E-state index in [9.17, 15) is 4.79 Å². The van der Waals surface area contributed by atoms with Gasteiger partial charge in [-0.1, -0.05) is 0 Å².